The van der Waals surface area contributed by atoms with Gasteiger partial charge in [-0.25, -0.2) is 0 Å². The van der Waals surface area contributed by atoms with Gasteiger partial charge in [0.1, 0.15) is 0 Å². The summed E-state index contributed by atoms with van der Waals surface area (Å²) in [7, 11) is 0. The normalized spacial score (nSPS) is 24.5. The molecule has 3 rings (SSSR count). The number of nitrogens with one attached hydrogen (secondary N) is 1. The maximum atomic E-state index is 6.26. The summed E-state index contributed by atoms with van der Waals surface area (Å²) in [6, 6.07) is 12.8. The lowest BCUT2D eigenvalue weighted by molar-refractivity contribution is 0.319. The number of aromatic amines is 1. The van der Waals surface area contributed by atoms with Crippen molar-refractivity contribution < 1.29 is 0 Å². The smallest absolute Gasteiger partial charge is 0.0492 e. The second kappa shape index (κ2) is 4.92. The van der Waals surface area contributed by atoms with E-state index in [2.05, 4.69) is 39.4 Å². The molecule has 0 amide bonds. The van der Waals surface area contributed by atoms with Gasteiger partial charge in [0.25, 0.3) is 0 Å². The fourth-order valence-corrected chi connectivity index (χ4v) is 2.71. The van der Waals surface area contributed by atoms with Gasteiger partial charge >= 0.3 is 0 Å². The minimum Gasteiger partial charge on any atom is -0.326 e. The molecule has 1 aromatic carbocycles. The maximum absolute atomic E-state index is 6.26. The molecule has 4 nitrogen and oxygen atoms in total. The number of rotatable bonds is 3. The van der Waals surface area contributed by atoms with Crippen molar-refractivity contribution in [1.29, 1.82) is 0 Å². The molecule has 0 bridgehead atoms. The van der Waals surface area contributed by atoms with Crippen LogP contribution in [0.5, 0.6) is 0 Å². The van der Waals surface area contributed by atoms with E-state index in [0.717, 1.165) is 25.3 Å². The second-order valence-electron chi connectivity index (χ2n) is 4.96. The SMILES string of the molecule is N[C@@H]1CN(Cc2ccn[nH]2)C[C@H]1c1ccccc1. The Labute approximate surface area is 107 Å². The Morgan fingerprint density at radius 1 is 1.22 bits per heavy atom. The first-order valence-corrected chi connectivity index (χ1v) is 6.34. The van der Waals surface area contributed by atoms with E-state index in [1.807, 2.05) is 12.1 Å². The van der Waals surface area contributed by atoms with Crippen LogP contribution < -0.4 is 5.73 Å². The Hall–Kier alpha value is -1.65. The van der Waals surface area contributed by atoms with Gasteiger partial charge in [0.2, 0.25) is 0 Å². The maximum Gasteiger partial charge on any atom is 0.0492 e. The van der Waals surface area contributed by atoms with Crippen molar-refractivity contribution in [1.82, 2.24) is 15.1 Å². The molecule has 18 heavy (non-hydrogen) atoms. The number of H-pyrrole nitrogens is 1. The first kappa shape index (κ1) is 11.4. The van der Waals surface area contributed by atoms with Crippen LogP contribution in [0, 0.1) is 0 Å². The van der Waals surface area contributed by atoms with E-state index < -0.39 is 0 Å². The van der Waals surface area contributed by atoms with Crippen molar-refractivity contribution in [2.24, 2.45) is 5.73 Å². The van der Waals surface area contributed by atoms with Crippen molar-refractivity contribution in [2.45, 2.75) is 18.5 Å². The molecule has 1 fully saturated rings. The first-order valence-electron chi connectivity index (χ1n) is 6.34. The van der Waals surface area contributed by atoms with E-state index in [4.69, 9.17) is 5.73 Å². The zero-order valence-corrected chi connectivity index (χ0v) is 10.3. The molecule has 2 aromatic rings. The number of hydrogen-bond acceptors (Lipinski definition) is 3. The van der Waals surface area contributed by atoms with Gasteiger partial charge in [-0.05, 0) is 11.6 Å². The van der Waals surface area contributed by atoms with Crippen LogP contribution in [0.25, 0.3) is 0 Å². The topological polar surface area (TPSA) is 57.9 Å². The van der Waals surface area contributed by atoms with E-state index in [1.165, 1.54) is 5.56 Å². The van der Waals surface area contributed by atoms with Crippen molar-refractivity contribution in [2.75, 3.05) is 13.1 Å². The van der Waals surface area contributed by atoms with Gasteiger partial charge in [0, 0.05) is 43.5 Å². The highest BCUT2D eigenvalue weighted by Gasteiger charge is 2.31. The number of likely N-dealkylation sites (tertiary alicyclic amines) is 1. The number of hydrogen-bond donors (Lipinski definition) is 2. The van der Waals surface area contributed by atoms with Gasteiger partial charge in [-0.3, -0.25) is 10.00 Å². The fraction of sp³-hybridized carbons (Fsp3) is 0.357. The molecule has 2 heterocycles. The molecule has 0 radical (unpaired) electrons. The highest BCUT2D eigenvalue weighted by molar-refractivity contribution is 5.23. The van der Waals surface area contributed by atoms with E-state index in [9.17, 15) is 0 Å². The third-order valence-electron chi connectivity index (χ3n) is 3.62. The molecule has 1 aliphatic rings. The number of aromatic nitrogens is 2. The van der Waals surface area contributed by atoms with Crippen LogP contribution in [-0.4, -0.2) is 34.2 Å². The summed E-state index contributed by atoms with van der Waals surface area (Å²) >= 11 is 0. The second-order valence-corrected chi connectivity index (χ2v) is 4.96. The molecular weight excluding hydrogens is 224 g/mol. The van der Waals surface area contributed by atoms with E-state index >= 15 is 0 Å². The van der Waals surface area contributed by atoms with E-state index in [1.54, 1.807) is 6.20 Å². The molecule has 0 unspecified atom stereocenters. The predicted molar refractivity (Wildman–Crippen MR) is 71.0 cm³/mol. The lowest BCUT2D eigenvalue weighted by Gasteiger charge is -2.15. The van der Waals surface area contributed by atoms with Gasteiger partial charge in [0.05, 0.1) is 0 Å². The molecule has 1 aliphatic heterocycles. The Balaban J connectivity index is 1.69. The number of nitrogens with zero attached hydrogens (tertiary/aromatic N) is 2. The molecular formula is C14H18N4. The molecule has 0 aliphatic carbocycles. The molecule has 1 saturated heterocycles. The van der Waals surface area contributed by atoms with E-state index in [-0.39, 0.29) is 6.04 Å². The Bertz CT molecular complexity index is 480. The molecule has 0 saturated carbocycles. The van der Waals surface area contributed by atoms with Crippen molar-refractivity contribution in [3.63, 3.8) is 0 Å². The molecule has 94 valence electrons. The average molecular weight is 242 g/mol. The molecule has 4 heteroatoms. The van der Waals surface area contributed by atoms with Crippen LogP contribution in [0.1, 0.15) is 17.2 Å². The lowest BCUT2D eigenvalue weighted by atomic mass is 9.95. The summed E-state index contributed by atoms with van der Waals surface area (Å²) in [6.07, 6.45) is 1.79. The minimum absolute atomic E-state index is 0.218. The zero-order chi connectivity index (χ0) is 12.4. The summed E-state index contributed by atoms with van der Waals surface area (Å²) in [6.45, 7) is 2.86. The number of nitrogens with two attached hydrogens (primary N) is 1. The minimum atomic E-state index is 0.218. The fourth-order valence-electron chi connectivity index (χ4n) is 2.71. The van der Waals surface area contributed by atoms with E-state index in [0.29, 0.717) is 5.92 Å². The van der Waals surface area contributed by atoms with Crippen LogP contribution in [0.2, 0.25) is 0 Å². The van der Waals surface area contributed by atoms with Gasteiger partial charge in [-0.15, -0.1) is 0 Å². The molecule has 2 atom stereocenters. The van der Waals surface area contributed by atoms with Gasteiger partial charge in [-0.1, -0.05) is 30.3 Å². The average Bonchev–Trinajstić information content (AvgIpc) is 3.01. The first-order chi connectivity index (χ1) is 8.83. The third kappa shape index (κ3) is 2.30. The monoisotopic (exact) mass is 242 g/mol. The molecule has 3 N–H and O–H groups in total. The van der Waals surface area contributed by atoms with Crippen molar-refractivity contribution in [3.05, 3.63) is 53.9 Å². The lowest BCUT2D eigenvalue weighted by Crippen LogP contribution is -2.28. The highest BCUT2D eigenvalue weighted by Crippen LogP contribution is 2.26. The summed E-state index contributed by atoms with van der Waals surface area (Å²) in [5.41, 5.74) is 8.76. The van der Waals surface area contributed by atoms with Crippen molar-refractivity contribution >= 4 is 0 Å². The van der Waals surface area contributed by atoms with Crippen LogP contribution in [0.15, 0.2) is 42.6 Å². The standard InChI is InChI=1S/C14H18N4/c15-14-10-18(8-12-6-7-16-17-12)9-13(14)11-4-2-1-3-5-11/h1-7,13-14H,8-10,15H2,(H,16,17)/t13-,14+/m0/s1. The van der Waals surface area contributed by atoms with Crippen LogP contribution >= 0.6 is 0 Å². The van der Waals surface area contributed by atoms with Gasteiger partial charge < -0.3 is 5.73 Å². The van der Waals surface area contributed by atoms with Crippen molar-refractivity contribution in [3.8, 4) is 0 Å². The largest absolute Gasteiger partial charge is 0.326 e. The summed E-state index contributed by atoms with van der Waals surface area (Å²) < 4.78 is 0. The summed E-state index contributed by atoms with van der Waals surface area (Å²) in [5.74, 6) is 0.439. The van der Waals surface area contributed by atoms with Gasteiger partial charge in [-0.2, -0.15) is 5.10 Å². The van der Waals surface area contributed by atoms with Crippen LogP contribution in [0.4, 0.5) is 0 Å². The quantitative estimate of drug-likeness (QED) is 0.854. The summed E-state index contributed by atoms with van der Waals surface area (Å²) in [5, 5.41) is 6.98. The zero-order valence-electron chi connectivity index (χ0n) is 10.3. The molecule has 1 aromatic heterocycles. The van der Waals surface area contributed by atoms with Crippen LogP contribution in [-0.2, 0) is 6.54 Å². The Morgan fingerprint density at radius 2 is 2.06 bits per heavy atom. The Morgan fingerprint density at radius 3 is 2.78 bits per heavy atom. The third-order valence-corrected chi connectivity index (χ3v) is 3.62. The Kier molecular flexibility index (Phi) is 3.13. The summed E-state index contributed by atoms with van der Waals surface area (Å²) in [4.78, 5) is 2.38. The number of benzene rings is 1. The predicted octanol–water partition coefficient (Wildman–Crippen LogP) is 1.34. The van der Waals surface area contributed by atoms with Crippen LogP contribution in [0.3, 0.4) is 0 Å². The highest BCUT2D eigenvalue weighted by atomic mass is 15.2. The van der Waals surface area contributed by atoms with Gasteiger partial charge in [0.15, 0.2) is 0 Å². The molecule has 0 spiro atoms.